The molecule has 0 bridgehead atoms. The van der Waals surface area contributed by atoms with Gasteiger partial charge in [0.25, 0.3) is 0 Å². The van der Waals surface area contributed by atoms with E-state index in [1.807, 2.05) is 0 Å². The average Bonchev–Trinajstić information content (AvgIpc) is 3.06. The first-order valence-electron chi connectivity index (χ1n) is 6.34. The molecule has 25 heavy (non-hydrogen) atoms. The van der Waals surface area contributed by atoms with Gasteiger partial charge in [0, 0.05) is 12.4 Å². The van der Waals surface area contributed by atoms with Crippen molar-refractivity contribution >= 4 is 59.2 Å². The molecule has 0 aromatic carbocycles. The molecular formula is C12H18Cl2N8O2S. The summed E-state index contributed by atoms with van der Waals surface area (Å²) < 4.78 is 5.68. The first-order chi connectivity index (χ1) is 10.8. The number of urea groups is 1. The first kappa shape index (κ1) is 22.5. The average molecular weight is 409 g/mol. The van der Waals surface area contributed by atoms with E-state index in [1.165, 1.54) is 16.2 Å². The van der Waals surface area contributed by atoms with Crippen molar-refractivity contribution in [2.45, 2.75) is 6.54 Å². The Labute approximate surface area is 159 Å². The zero-order chi connectivity index (χ0) is 17.0. The molecule has 0 saturated carbocycles. The molecule has 0 aliphatic heterocycles. The number of carbonyl (C=O) groups excluding carboxylic acids is 1. The number of hydrogen-bond donors (Lipinski definition) is 4. The Morgan fingerprint density at radius 3 is 2.56 bits per heavy atom. The number of aromatic nitrogens is 1. The number of primary amides is 1. The molecule has 138 valence electrons. The summed E-state index contributed by atoms with van der Waals surface area (Å²) in [6.07, 6.45) is 0. The highest BCUT2D eigenvalue weighted by Crippen LogP contribution is 2.28. The van der Waals surface area contributed by atoms with E-state index < -0.39 is 6.03 Å². The van der Waals surface area contributed by atoms with Gasteiger partial charge < -0.3 is 32.3 Å². The van der Waals surface area contributed by atoms with Crippen molar-refractivity contribution in [2.75, 3.05) is 7.05 Å². The third-order valence-electron chi connectivity index (χ3n) is 2.64. The van der Waals surface area contributed by atoms with Gasteiger partial charge in [-0.05, 0) is 12.1 Å². The van der Waals surface area contributed by atoms with Crippen LogP contribution in [0.3, 0.4) is 0 Å². The van der Waals surface area contributed by atoms with Crippen molar-refractivity contribution in [3.63, 3.8) is 0 Å². The maximum atomic E-state index is 10.7. The van der Waals surface area contributed by atoms with E-state index in [2.05, 4.69) is 15.0 Å². The van der Waals surface area contributed by atoms with Crippen LogP contribution in [-0.4, -0.2) is 34.9 Å². The molecule has 2 aromatic rings. The maximum absolute atomic E-state index is 10.7. The summed E-state index contributed by atoms with van der Waals surface area (Å²) in [5.41, 5.74) is 21.8. The molecule has 2 rings (SSSR count). The molecule has 8 N–H and O–H groups in total. The van der Waals surface area contributed by atoms with Crippen molar-refractivity contribution in [3.8, 4) is 11.5 Å². The van der Waals surface area contributed by atoms with E-state index >= 15 is 0 Å². The van der Waals surface area contributed by atoms with E-state index in [4.69, 9.17) is 27.4 Å². The van der Waals surface area contributed by atoms with Gasteiger partial charge in [-0.3, -0.25) is 0 Å². The van der Waals surface area contributed by atoms with Crippen LogP contribution in [-0.2, 0) is 6.54 Å². The number of hydrogen-bond acceptors (Lipinski definition) is 5. The van der Waals surface area contributed by atoms with Gasteiger partial charge in [0.15, 0.2) is 11.7 Å². The summed E-state index contributed by atoms with van der Waals surface area (Å²) in [4.78, 5) is 23.8. The molecule has 2 heterocycles. The van der Waals surface area contributed by atoms with Crippen LogP contribution in [0.15, 0.2) is 31.9 Å². The fourth-order valence-electron chi connectivity index (χ4n) is 1.65. The Morgan fingerprint density at radius 2 is 1.96 bits per heavy atom. The maximum Gasteiger partial charge on any atom is 0.341 e. The Kier molecular flexibility index (Phi) is 8.74. The lowest BCUT2D eigenvalue weighted by molar-refractivity contribution is 0.256. The second kappa shape index (κ2) is 9.71. The highest BCUT2D eigenvalue weighted by molar-refractivity contribution is 7.13. The summed E-state index contributed by atoms with van der Waals surface area (Å²) >= 11 is 1.29. The quantitative estimate of drug-likeness (QED) is 0.430. The molecule has 0 aliphatic carbocycles. The second-order valence-corrected chi connectivity index (χ2v) is 5.32. The molecule has 0 atom stereocenters. The molecule has 0 saturated heterocycles. The van der Waals surface area contributed by atoms with Crippen LogP contribution in [0.2, 0.25) is 0 Å². The van der Waals surface area contributed by atoms with Gasteiger partial charge in [-0.2, -0.15) is 9.98 Å². The number of furan rings is 1. The number of nitrogens with two attached hydrogens (primary N) is 4. The third kappa shape index (κ3) is 6.49. The summed E-state index contributed by atoms with van der Waals surface area (Å²) in [6, 6.07) is 2.67. The smallest absolute Gasteiger partial charge is 0.341 e. The van der Waals surface area contributed by atoms with Crippen LogP contribution in [0.25, 0.3) is 11.5 Å². The van der Waals surface area contributed by atoms with Crippen molar-refractivity contribution in [2.24, 2.45) is 32.9 Å². The van der Waals surface area contributed by atoms with E-state index in [1.54, 1.807) is 24.6 Å². The number of carbonyl (C=O) groups is 1. The van der Waals surface area contributed by atoms with Crippen LogP contribution in [0.5, 0.6) is 0 Å². The Hall–Kier alpha value is -2.50. The molecule has 0 unspecified atom stereocenters. The molecule has 0 spiro atoms. The van der Waals surface area contributed by atoms with E-state index in [0.29, 0.717) is 28.9 Å². The predicted octanol–water partition coefficient (Wildman–Crippen LogP) is 0.977. The second-order valence-electron chi connectivity index (χ2n) is 4.48. The van der Waals surface area contributed by atoms with E-state index in [9.17, 15) is 4.79 Å². The van der Waals surface area contributed by atoms with Gasteiger partial charge in [0.2, 0.25) is 11.1 Å². The van der Waals surface area contributed by atoms with Gasteiger partial charge in [0.1, 0.15) is 11.5 Å². The van der Waals surface area contributed by atoms with Gasteiger partial charge >= 0.3 is 6.03 Å². The monoisotopic (exact) mass is 408 g/mol. The molecule has 2 aromatic heterocycles. The van der Waals surface area contributed by atoms with Crippen LogP contribution >= 0.6 is 36.2 Å². The zero-order valence-electron chi connectivity index (χ0n) is 13.1. The summed E-state index contributed by atoms with van der Waals surface area (Å²) in [7, 11) is 1.66. The number of rotatable bonds is 4. The van der Waals surface area contributed by atoms with E-state index in [0.717, 1.165) is 0 Å². The van der Waals surface area contributed by atoms with Crippen molar-refractivity contribution in [1.29, 1.82) is 0 Å². The van der Waals surface area contributed by atoms with Crippen LogP contribution in [0, 0.1) is 0 Å². The van der Waals surface area contributed by atoms with Crippen molar-refractivity contribution in [3.05, 3.63) is 23.3 Å². The molecular weight excluding hydrogens is 391 g/mol. The molecule has 10 nitrogen and oxygen atoms in total. The number of amides is 2. The molecule has 0 radical (unpaired) electrons. The number of halogens is 2. The number of guanidine groups is 2. The third-order valence-corrected chi connectivity index (χ3v) is 3.37. The fraction of sp³-hybridized carbons (Fsp3) is 0.167. The molecule has 13 heteroatoms. The summed E-state index contributed by atoms with van der Waals surface area (Å²) in [5.74, 6) is 1.12. The minimum Gasteiger partial charge on any atom is -0.458 e. The van der Waals surface area contributed by atoms with Crippen molar-refractivity contribution < 1.29 is 9.21 Å². The first-order valence-corrected chi connectivity index (χ1v) is 7.22. The highest BCUT2D eigenvalue weighted by atomic mass is 35.5. The lowest BCUT2D eigenvalue weighted by Gasteiger charge is -2.15. The van der Waals surface area contributed by atoms with Crippen LogP contribution in [0.4, 0.5) is 9.93 Å². The zero-order valence-corrected chi connectivity index (χ0v) is 15.5. The number of nitrogens with zero attached hydrogens (tertiary/aromatic N) is 4. The molecule has 2 amide bonds. The van der Waals surface area contributed by atoms with Crippen LogP contribution in [0.1, 0.15) is 5.76 Å². The normalized spacial score (nSPS) is 10.4. The molecule has 0 aliphatic rings. The lowest BCUT2D eigenvalue weighted by Crippen LogP contribution is -2.34. The van der Waals surface area contributed by atoms with Gasteiger partial charge in [-0.15, -0.1) is 36.2 Å². The van der Waals surface area contributed by atoms with Crippen LogP contribution < -0.4 is 22.9 Å². The van der Waals surface area contributed by atoms with Gasteiger partial charge in [-0.1, -0.05) is 0 Å². The Balaban J connectivity index is 0.00000288. The van der Waals surface area contributed by atoms with Gasteiger partial charge in [-0.25, -0.2) is 9.78 Å². The highest BCUT2D eigenvalue weighted by Gasteiger charge is 2.12. The molecule has 0 fully saturated rings. The Bertz CT molecular complexity index is 769. The minimum absolute atomic E-state index is 0. The minimum atomic E-state index is -0.857. The fourth-order valence-corrected chi connectivity index (χ4v) is 2.35. The summed E-state index contributed by atoms with van der Waals surface area (Å²) in [5, 5.41) is 2.21. The SMILES string of the molecule is CN(Cc1ccc(-c2csc(N=C(N)N)n2)o1)C(N)=NC(N)=O.Cl.Cl. The summed E-state index contributed by atoms with van der Waals surface area (Å²) in [6.45, 7) is 0.313. The number of aliphatic imine (C=N–C) groups is 2. The number of thiazole rings is 1. The Morgan fingerprint density at radius 1 is 1.28 bits per heavy atom. The van der Waals surface area contributed by atoms with E-state index in [-0.39, 0.29) is 36.7 Å². The predicted molar refractivity (Wildman–Crippen MR) is 102 cm³/mol. The topological polar surface area (TPSA) is 175 Å². The standard InChI is InChI=1S/C12H16N8O2S.2ClH/c1-20(10(15)19-11(16)21)4-6-2-3-8(22-6)7-5-23-12(17-7)18-9(13)14;;/h2-3,5H,4H2,1H3,(H4,13,14,17,18)(H4,15,16,19,21);2*1H. The van der Waals surface area contributed by atoms with Crippen molar-refractivity contribution in [1.82, 2.24) is 9.88 Å². The lowest BCUT2D eigenvalue weighted by atomic mass is 10.3. The van der Waals surface area contributed by atoms with Gasteiger partial charge in [0.05, 0.1) is 6.54 Å². The largest absolute Gasteiger partial charge is 0.458 e.